The largest absolute Gasteiger partial charge is 0.493 e. The Hall–Kier alpha value is -4.46. The van der Waals surface area contributed by atoms with Gasteiger partial charge in [-0.1, -0.05) is 35.6 Å². The summed E-state index contributed by atoms with van der Waals surface area (Å²) in [5, 5.41) is 10.9. The highest BCUT2D eigenvalue weighted by Gasteiger charge is 2.33. The summed E-state index contributed by atoms with van der Waals surface area (Å²) >= 11 is 2.74. The monoisotopic (exact) mass is 571 g/mol. The van der Waals surface area contributed by atoms with Crippen LogP contribution in [0.1, 0.15) is 41.5 Å². The quantitative estimate of drug-likeness (QED) is 0.292. The fourth-order valence-corrected chi connectivity index (χ4v) is 6.26. The second-order valence-electron chi connectivity index (χ2n) is 8.83. The van der Waals surface area contributed by atoms with Gasteiger partial charge in [0.05, 0.1) is 41.2 Å². The second kappa shape index (κ2) is 11.7. The van der Waals surface area contributed by atoms with Crippen LogP contribution in [0.4, 0.5) is 0 Å². The number of nitrogens with zero attached hydrogens (tertiary/aromatic N) is 3. The zero-order valence-corrected chi connectivity index (χ0v) is 23.7. The van der Waals surface area contributed by atoms with Crippen LogP contribution < -0.4 is 24.4 Å². The molecule has 2 aromatic heterocycles. The average Bonchev–Trinajstić information content (AvgIpc) is 3.60. The van der Waals surface area contributed by atoms with Crippen molar-refractivity contribution in [3.63, 3.8) is 0 Å². The zero-order chi connectivity index (χ0) is 28.2. The summed E-state index contributed by atoms with van der Waals surface area (Å²) in [7, 11) is 1.56. The van der Waals surface area contributed by atoms with E-state index in [0.29, 0.717) is 44.3 Å². The number of thiophene rings is 1. The van der Waals surface area contributed by atoms with Crippen molar-refractivity contribution < 1.29 is 19.0 Å². The standard InChI is InChI=1S/C30H25N3O5S2/c1-4-37-29(35)26-18(2)32-30-33(27(26)24-6-5-13-39-24)28(34)25(40-30)15-21-11-12-22(23(14-21)36-3)38-17-20-9-7-19(16-31)8-10-20/h5-15,27H,4,17H2,1-3H3/b25-15-/t27-/m0/s1. The molecule has 1 aliphatic heterocycles. The van der Waals surface area contributed by atoms with Gasteiger partial charge < -0.3 is 14.2 Å². The molecule has 0 radical (unpaired) electrons. The van der Waals surface area contributed by atoms with E-state index in [1.807, 2.05) is 35.7 Å². The van der Waals surface area contributed by atoms with Gasteiger partial charge in [-0.2, -0.15) is 5.26 Å². The first-order chi connectivity index (χ1) is 19.4. The molecule has 0 amide bonds. The van der Waals surface area contributed by atoms with Gasteiger partial charge in [0, 0.05) is 4.88 Å². The third kappa shape index (κ3) is 5.34. The molecule has 40 heavy (non-hydrogen) atoms. The number of rotatable bonds is 8. The number of carbonyl (C=O) groups excluding carboxylic acids is 1. The molecule has 0 saturated carbocycles. The number of hydrogen-bond donors (Lipinski definition) is 0. The van der Waals surface area contributed by atoms with E-state index in [1.54, 1.807) is 55.9 Å². The van der Waals surface area contributed by atoms with E-state index in [9.17, 15) is 9.59 Å². The molecule has 0 bridgehead atoms. The summed E-state index contributed by atoms with van der Waals surface area (Å²) in [6.07, 6.45) is 1.78. The summed E-state index contributed by atoms with van der Waals surface area (Å²) < 4.78 is 18.9. The number of nitriles is 1. The number of allylic oxidation sites excluding steroid dienone is 1. The van der Waals surface area contributed by atoms with Gasteiger partial charge in [0.2, 0.25) is 0 Å². The molecule has 0 fully saturated rings. The highest BCUT2D eigenvalue weighted by atomic mass is 32.1. The number of benzene rings is 2. The molecule has 8 nitrogen and oxygen atoms in total. The Kier molecular flexibility index (Phi) is 7.96. The lowest BCUT2D eigenvalue weighted by atomic mass is 10.0. The van der Waals surface area contributed by atoms with E-state index < -0.39 is 12.0 Å². The highest BCUT2D eigenvalue weighted by Crippen LogP contribution is 2.33. The Balaban J connectivity index is 1.49. The Morgan fingerprint density at radius 2 is 1.98 bits per heavy atom. The minimum atomic E-state index is -0.606. The van der Waals surface area contributed by atoms with Crippen LogP contribution in [0, 0.1) is 11.3 Å². The predicted octanol–water partition coefficient (Wildman–Crippen LogP) is 4.32. The van der Waals surface area contributed by atoms with E-state index in [1.165, 1.54) is 22.7 Å². The maximum absolute atomic E-state index is 13.7. The van der Waals surface area contributed by atoms with Gasteiger partial charge in [0.25, 0.3) is 5.56 Å². The predicted molar refractivity (Wildman–Crippen MR) is 153 cm³/mol. The van der Waals surface area contributed by atoms with Crippen molar-refractivity contribution in [1.82, 2.24) is 4.57 Å². The number of methoxy groups -OCH3 is 1. The zero-order valence-electron chi connectivity index (χ0n) is 22.0. The maximum Gasteiger partial charge on any atom is 0.338 e. The first kappa shape index (κ1) is 27.1. The van der Waals surface area contributed by atoms with E-state index in [-0.39, 0.29) is 12.2 Å². The van der Waals surface area contributed by atoms with Crippen molar-refractivity contribution in [1.29, 1.82) is 5.26 Å². The fourth-order valence-electron chi connectivity index (χ4n) is 4.39. The molecule has 0 aliphatic carbocycles. The van der Waals surface area contributed by atoms with Gasteiger partial charge in [-0.3, -0.25) is 9.36 Å². The molecule has 1 aliphatic rings. The molecule has 3 heterocycles. The van der Waals surface area contributed by atoms with Gasteiger partial charge in [0.15, 0.2) is 16.3 Å². The second-order valence-corrected chi connectivity index (χ2v) is 10.8. The number of ether oxygens (including phenoxy) is 3. The molecular weight excluding hydrogens is 546 g/mol. The van der Waals surface area contributed by atoms with Crippen molar-refractivity contribution >= 4 is 34.7 Å². The van der Waals surface area contributed by atoms with Crippen LogP contribution in [0.3, 0.4) is 0 Å². The summed E-state index contributed by atoms with van der Waals surface area (Å²) in [6, 6.07) is 17.9. The van der Waals surface area contributed by atoms with Gasteiger partial charge in [0.1, 0.15) is 12.6 Å². The molecule has 4 aromatic rings. The number of hydrogen-bond acceptors (Lipinski definition) is 9. The van der Waals surface area contributed by atoms with Crippen LogP contribution in [-0.2, 0) is 16.1 Å². The maximum atomic E-state index is 13.7. The van der Waals surface area contributed by atoms with Crippen molar-refractivity contribution in [3.05, 3.63) is 113 Å². The fraction of sp³-hybridized carbons (Fsp3) is 0.200. The number of aromatic nitrogens is 1. The number of esters is 1. The topological polar surface area (TPSA) is 103 Å². The first-order valence-electron chi connectivity index (χ1n) is 12.5. The van der Waals surface area contributed by atoms with Crippen LogP contribution in [0.2, 0.25) is 0 Å². The van der Waals surface area contributed by atoms with Crippen LogP contribution in [0.5, 0.6) is 11.5 Å². The molecule has 10 heteroatoms. The van der Waals surface area contributed by atoms with E-state index in [0.717, 1.165) is 16.0 Å². The Bertz CT molecular complexity index is 1810. The van der Waals surface area contributed by atoms with Crippen molar-refractivity contribution in [2.24, 2.45) is 4.99 Å². The number of fused-ring (bicyclic) bond motifs is 1. The minimum Gasteiger partial charge on any atom is -0.493 e. The molecule has 0 unspecified atom stereocenters. The summed E-state index contributed by atoms with van der Waals surface area (Å²) in [6.45, 7) is 4.06. The molecule has 0 spiro atoms. The van der Waals surface area contributed by atoms with Crippen LogP contribution in [0.15, 0.2) is 81.0 Å². The molecule has 202 valence electrons. The highest BCUT2D eigenvalue weighted by molar-refractivity contribution is 7.10. The Morgan fingerprint density at radius 3 is 2.65 bits per heavy atom. The SMILES string of the molecule is CCOC(=O)C1=C(C)N=c2s/c(=C\c3ccc(OCc4ccc(C#N)cc4)c(OC)c3)c(=O)n2[C@H]1c1cccs1. The minimum absolute atomic E-state index is 0.228. The number of carbonyl (C=O) groups is 1. The smallest absolute Gasteiger partial charge is 0.338 e. The lowest BCUT2D eigenvalue weighted by molar-refractivity contribution is -0.139. The third-order valence-electron chi connectivity index (χ3n) is 6.29. The molecule has 0 N–H and O–H groups in total. The molecule has 5 rings (SSSR count). The van der Waals surface area contributed by atoms with Gasteiger partial charge in [-0.05, 0) is 66.8 Å². The van der Waals surface area contributed by atoms with Crippen molar-refractivity contribution in [2.45, 2.75) is 26.5 Å². The molecule has 2 aromatic carbocycles. The average molecular weight is 572 g/mol. The first-order valence-corrected chi connectivity index (χ1v) is 14.2. The lowest BCUT2D eigenvalue weighted by Crippen LogP contribution is -2.39. The lowest BCUT2D eigenvalue weighted by Gasteiger charge is -2.23. The Labute approximate surface area is 238 Å². The van der Waals surface area contributed by atoms with Crippen LogP contribution in [0.25, 0.3) is 6.08 Å². The molecular formula is C30H25N3O5S2. The van der Waals surface area contributed by atoms with Crippen molar-refractivity contribution in [2.75, 3.05) is 13.7 Å². The molecule has 1 atom stereocenters. The van der Waals surface area contributed by atoms with Gasteiger partial charge in [-0.15, -0.1) is 11.3 Å². The normalized spacial score (nSPS) is 14.8. The summed E-state index contributed by atoms with van der Waals surface area (Å²) in [5.41, 5.74) is 2.93. The third-order valence-corrected chi connectivity index (χ3v) is 8.20. The van der Waals surface area contributed by atoms with E-state index in [4.69, 9.17) is 19.5 Å². The molecule has 0 saturated heterocycles. The summed E-state index contributed by atoms with van der Waals surface area (Å²) in [4.78, 5) is 32.6. The van der Waals surface area contributed by atoms with Gasteiger partial charge in [-0.25, -0.2) is 9.79 Å². The summed E-state index contributed by atoms with van der Waals surface area (Å²) in [5.74, 6) is 0.600. The van der Waals surface area contributed by atoms with Crippen LogP contribution in [-0.4, -0.2) is 24.3 Å². The Morgan fingerprint density at radius 1 is 1.18 bits per heavy atom. The van der Waals surface area contributed by atoms with E-state index in [2.05, 4.69) is 11.1 Å². The van der Waals surface area contributed by atoms with Crippen LogP contribution >= 0.6 is 22.7 Å². The van der Waals surface area contributed by atoms with Crippen molar-refractivity contribution in [3.8, 4) is 17.6 Å². The van der Waals surface area contributed by atoms with E-state index >= 15 is 0 Å². The number of thiazole rings is 1. The van der Waals surface area contributed by atoms with Gasteiger partial charge >= 0.3 is 5.97 Å².